The zero-order valence-electron chi connectivity index (χ0n) is 15.3. The Balaban J connectivity index is 1.78. The van der Waals surface area contributed by atoms with Crippen molar-refractivity contribution >= 4 is 11.6 Å². The monoisotopic (exact) mass is 364 g/mol. The van der Waals surface area contributed by atoms with Crippen molar-refractivity contribution in [1.29, 1.82) is 0 Å². The number of anilines is 1. The van der Waals surface area contributed by atoms with Gasteiger partial charge in [-0.25, -0.2) is 4.39 Å². The van der Waals surface area contributed by atoms with Crippen LogP contribution in [0.4, 0.5) is 10.1 Å². The summed E-state index contributed by atoms with van der Waals surface area (Å²) in [6, 6.07) is 16.5. The highest BCUT2D eigenvalue weighted by molar-refractivity contribution is 6.04. The summed E-state index contributed by atoms with van der Waals surface area (Å²) in [5.74, 6) is -0.249. The Bertz CT molecular complexity index is 1010. The molecule has 1 amide bonds. The standard InChI is InChI=1S/C22H21FN2O2/c1-15(2)17-6-9-20(10-7-17)24-22(27)18-8-11-21(26)25(14-18)13-16-4-3-5-19(23)12-16/h3-12,14-15H,13H2,1-2H3,(H,24,27). The summed E-state index contributed by atoms with van der Waals surface area (Å²) in [7, 11) is 0. The summed E-state index contributed by atoms with van der Waals surface area (Å²) in [6.07, 6.45) is 1.49. The normalized spacial score (nSPS) is 10.8. The van der Waals surface area contributed by atoms with Gasteiger partial charge in [0, 0.05) is 18.0 Å². The van der Waals surface area contributed by atoms with Crippen LogP contribution in [-0.4, -0.2) is 10.5 Å². The number of rotatable bonds is 5. The number of aromatic nitrogens is 1. The van der Waals surface area contributed by atoms with Gasteiger partial charge in [0.2, 0.25) is 0 Å². The van der Waals surface area contributed by atoms with Crippen molar-refractivity contribution < 1.29 is 9.18 Å². The molecule has 0 aliphatic carbocycles. The van der Waals surface area contributed by atoms with Crippen molar-refractivity contribution in [3.8, 4) is 0 Å². The molecule has 0 bridgehead atoms. The SMILES string of the molecule is CC(C)c1ccc(NC(=O)c2ccc(=O)n(Cc3cccc(F)c3)c2)cc1. The number of carbonyl (C=O) groups excluding carboxylic acids is 1. The number of hydrogen-bond donors (Lipinski definition) is 1. The van der Waals surface area contributed by atoms with E-state index in [9.17, 15) is 14.0 Å². The zero-order valence-corrected chi connectivity index (χ0v) is 15.3. The zero-order chi connectivity index (χ0) is 19.4. The Labute approximate surface area is 157 Å². The fourth-order valence-electron chi connectivity index (χ4n) is 2.78. The smallest absolute Gasteiger partial charge is 0.257 e. The summed E-state index contributed by atoms with van der Waals surface area (Å²) in [5.41, 5.74) is 2.64. The molecule has 1 heterocycles. The predicted molar refractivity (Wildman–Crippen MR) is 105 cm³/mol. The van der Waals surface area contributed by atoms with Crippen LogP contribution in [0.1, 0.15) is 41.3 Å². The van der Waals surface area contributed by atoms with E-state index in [4.69, 9.17) is 0 Å². The second-order valence-electron chi connectivity index (χ2n) is 6.74. The maximum absolute atomic E-state index is 13.3. The molecule has 0 spiro atoms. The topological polar surface area (TPSA) is 51.1 Å². The first-order chi connectivity index (χ1) is 12.9. The van der Waals surface area contributed by atoms with Gasteiger partial charge in [0.15, 0.2) is 0 Å². The van der Waals surface area contributed by atoms with E-state index in [2.05, 4.69) is 19.2 Å². The minimum Gasteiger partial charge on any atom is -0.322 e. The van der Waals surface area contributed by atoms with Gasteiger partial charge in [0.25, 0.3) is 11.5 Å². The largest absolute Gasteiger partial charge is 0.322 e. The fraction of sp³-hybridized carbons (Fsp3) is 0.182. The van der Waals surface area contributed by atoms with Crippen LogP contribution in [-0.2, 0) is 6.54 Å². The van der Waals surface area contributed by atoms with E-state index >= 15 is 0 Å². The molecule has 0 saturated carbocycles. The second kappa shape index (κ2) is 7.99. The van der Waals surface area contributed by atoms with Crippen LogP contribution in [0.25, 0.3) is 0 Å². The van der Waals surface area contributed by atoms with E-state index in [1.54, 1.807) is 12.1 Å². The van der Waals surface area contributed by atoms with Crippen LogP contribution in [0.2, 0.25) is 0 Å². The average molecular weight is 364 g/mol. The maximum atomic E-state index is 13.3. The number of benzene rings is 2. The van der Waals surface area contributed by atoms with Gasteiger partial charge < -0.3 is 9.88 Å². The van der Waals surface area contributed by atoms with Crippen LogP contribution in [0, 0.1) is 5.82 Å². The summed E-state index contributed by atoms with van der Waals surface area (Å²) >= 11 is 0. The molecule has 3 rings (SSSR count). The Morgan fingerprint density at radius 3 is 2.48 bits per heavy atom. The van der Waals surface area contributed by atoms with Gasteiger partial charge in [-0.05, 0) is 47.4 Å². The molecule has 4 nitrogen and oxygen atoms in total. The molecule has 0 atom stereocenters. The molecule has 0 radical (unpaired) electrons. The molecule has 1 N–H and O–H groups in total. The molecule has 27 heavy (non-hydrogen) atoms. The minimum atomic E-state index is -0.362. The molecule has 0 saturated heterocycles. The highest BCUT2D eigenvalue weighted by atomic mass is 19.1. The maximum Gasteiger partial charge on any atom is 0.257 e. The third-order valence-corrected chi connectivity index (χ3v) is 4.32. The Kier molecular flexibility index (Phi) is 5.50. The van der Waals surface area contributed by atoms with Crippen molar-refractivity contribution in [2.24, 2.45) is 0 Å². The first-order valence-electron chi connectivity index (χ1n) is 8.78. The lowest BCUT2D eigenvalue weighted by Gasteiger charge is -2.10. The minimum absolute atomic E-state index is 0.195. The van der Waals surface area contributed by atoms with Crippen LogP contribution < -0.4 is 10.9 Å². The lowest BCUT2D eigenvalue weighted by molar-refractivity contribution is 0.102. The summed E-state index contributed by atoms with van der Waals surface area (Å²) in [5, 5.41) is 2.83. The third-order valence-electron chi connectivity index (χ3n) is 4.32. The van der Waals surface area contributed by atoms with E-state index in [0.717, 1.165) is 0 Å². The molecule has 1 aromatic heterocycles. The number of carbonyl (C=O) groups is 1. The molecule has 0 fully saturated rings. The molecule has 5 heteroatoms. The summed E-state index contributed by atoms with van der Waals surface area (Å²) < 4.78 is 14.7. The van der Waals surface area contributed by atoms with Crippen molar-refractivity contribution in [3.05, 3.63) is 99.7 Å². The predicted octanol–water partition coefficient (Wildman–Crippen LogP) is 4.41. The lowest BCUT2D eigenvalue weighted by Crippen LogP contribution is -2.22. The van der Waals surface area contributed by atoms with Gasteiger partial charge in [-0.15, -0.1) is 0 Å². The van der Waals surface area contributed by atoms with E-state index in [1.165, 1.54) is 40.6 Å². The number of nitrogens with zero attached hydrogens (tertiary/aromatic N) is 1. The highest BCUT2D eigenvalue weighted by Gasteiger charge is 2.09. The highest BCUT2D eigenvalue weighted by Crippen LogP contribution is 2.17. The van der Waals surface area contributed by atoms with Gasteiger partial charge in [-0.1, -0.05) is 38.1 Å². The van der Waals surface area contributed by atoms with Crippen molar-refractivity contribution in [3.63, 3.8) is 0 Å². The molecular weight excluding hydrogens is 343 g/mol. The van der Waals surface area contributed by atoms with Crippen LogP contribution in [0.5, 0.6) is 0 Å². The molecule has 0 aliphatic rings. The average Bonchev–Trinajstić information content (AvgIpc) is 2.64. The molecule has 0 unspecified atom stereocenters. The van der Waals surface area contributed by atoms with Crippen molar-refractivity contribution in [2.45, 2.75) is 26.3 Å². The molecule has 3 aromatic rings. The van der Waals surface area contributed by atoms with E-state index in [0.29, 0.717) is 22.7 Å². The van der Waals surface area contributed by atoms with Gasteiger partial charge in [-0.2, -0.15) is 0 Å². The molecular formula is C22H21FN2O2. The summed E-state index contributed by atoms with van der Waals surface area (Å²) in [4.78, 5) is 24.6. The van der Waals surface area contributed by atoms with Gasteiger partial charge >= 0.3 is 0 Å². The van der Waals surface area contributed by atoms with Crippen molar-refractivity contribution in [1.82, 2.24) is 4.57 Å². The third kappa shape index (κ3) is 4.70. The summed E-state index contributed by atoms with van der Waals surface area (Å²) in [6.45, 7) is 4.41. The Hall–Kier alpha value is -3.21. The first-order valence-corrected chi connectivity index (χ1v) is 8.78. The van der Waals surface area contributed by atoms with Gasteiger partial charge in [0.1, 0.15) is 5.82 Å². The first kappa shape index (κ1) is 18.6. The quantitative estimate of drug-likeness (QED) is 0.729. The second-order valence-corrected chi connectivity index (χ2v) is 6.74. The van der Waals surface area contributed by atoms with Crippen LogP contribution >= 0.6 is 0 Å². The molecule has 2 aromatic carbocycles. The van der Waals surface area contributed by atoms with E-state index in [-0.39, 0.29) is 23.8 Å². The van der Waals surface area contributed by atoms with Gasteiger partial charge in [0.05, 0.1) is 12.1 Å². The number of nitrogens with one attached hydrogen (secondary N) is 1. The van der Waals surface area contributed by atoms with Crippen LogP contribution in [0.15, 0.2) is 71.7 Å². The molecule has 0 aliphatic heterocycles. The van der Waals surface area contributed by atoms with Crippen molar-refractivity contribution in [2.75, 3.05) is 5.32 Å². The van der Waals surface area contributed by atoms with E-state index < -0.39 is 0 Å². The lowest BCUT2D eigenvalue weighted by atomic mass is 10.0. The molecule has 138 valence electrons. The van der Waals surface area contributed by atoms with Crippen LogP contribution in [0.3, 0.4) is 0 Å². The van der Waals surface area contributed by atoms with E-state index in [1.807, 2.05) is 24.3 Å². The number of amides is 1. The number of pyridine rings is 1. The Morgan fingerprint density at radius 2 is 1.81 bits per heavy atom. The Morgan fingerprint density at radius 1 is 1.07 bits per heavy atom. The van der Waals surface area contributed by atoms with Gasteiger partial charge in [-0.3, -0.25) is 9.59 Å². The fourth-order valence-corrected chi connectivity index (χ4v) is 2.78. The number of hydrogen-bond acceptors (Lipinski definition) is 2. The number of halogens is 1.